The van der Waals surface area contributed by atoms with Crippen molar-refractivity contribution in [1.29, 1.82) is 0 Å². The number of fused-ring (bicyclic) bond motifs is 1. The molecule has 1 N–H and O–H groups in total. The molecular weight excluding hydrogens is 313 g/mol. The molecule has 1 aromatic carbocycles. The van der Waals surface area contributed by atoms with Crippen molar-refractivity contribution in [3.63, 3.8) is 0 Å². The number of benzene rings is 1. The van der Waals surface area contributed by atoms with Gasteiger partial charge in [0.15, 0.2) is 5.13 Å². The molecule has 0 atom stereocenters. The lowest BCUT2D eigenvalue weighted by atomic mass is 10.3. The topological polar surface area (TPSA) is 51.2 Å². The van der Waals surface area contributed by atoms with Crippen LogP contribution in [0, 0.1) is 0 Å². The third-order valence-corrected chi connectivity index (χ3v) is 3.60. The molecule has 0 aliphatic heterocycles. The summed E-state index contributed by atoms with van der Waals surface area (Å²) in [6.45, 7) is 0. The first-order chi connectivity index (χ1) is 9.37. The van der Waals surface area contributed by atoms with Crippen molar-refractivity contribution >= 4 is 44.4 Å². The number of carbonyl (C=O) groups is 1. The molecule has 9 heteroatoms. The minimum absolute atomic E-state index is 0.205. The van der Waals surface area contributed by atoms with Crippen LogP contribution in [0.3, 0.4) is 0 Å². The van der Waals surface area contributed by atoms with Crippen LogP contribution in [0.4, 0.5) is 18.3 Å². The number of anilines is 1. The molecule has 108 valence electrons. The van der Waals surface area contributed by atoms with E-state index in [1.54, 1.807) is 6.26 Å². The molecule has 1 heterocycles. The van der Waals surface area contributed by atoms with Gasteiger partial charge in [-0.2, -0.15) is 11.8 Å². The quantitative estimate of drug-likeness (QED) is 0.936. The first kappa shape index (κ1) is 14.9. The number of halogens is 3. The minimum atomic E-state index is -4.73. The molecule has 1 aromatic heterocycles. The number of carbonyl (C=O) groups excluding carboxylic acids is 1. The van der Waals surface area contributed by atoms with Crippen LogP contribution in [0.15, 0.2) is 18.2 Å². The van der Waals surface area contributed by atoms with E-state index >= 15 is 0 Å². The number of thioether (sulfide) groups is 1. The molecule has 2 rings (SSSR count). The van der Waals surface area contributed by atoms with E-state index in [4.69, 9.17) is 0 Å². The molecule has 1 amide bonds. The van der Waals surface area contributed by atoms with Crippen LogP contribution in [-0.4, -0.2) is 29.3 Å². The zero-order valence-corrected chi connectivity index (χ0v) is 11.8. The average molecular weight is 322 g/mol. The number of thiazole rings is 1. The molecule has 20 heavy (non-hydrogen) atoms. The van der Waals surface area contributed by atoms with Crippen LogP contribution in [0.2, 0.25) is 0 Å². The predicted octanol–water partition coefficient (Wildman–Crippen LogP) is 3.50. The fourth-order valence-corrected chi connectivity index (χ4v) is 2.69. The number of nitrogens with zero attached hydrogens (tertiary/aromatic N) is 1. The second-order valence-electron chi connectivity index (χ2n) is 3.68. The summed E-state index contributed by atoms with van der Waals surface area (Å²) >= 11 is 2.46. The Balaban J connectivity index is 2.19. The van der Waals surface area contributed by atoms with Gasteiger partial charge in [0.25, 0.3) is 0 Å². The highest BCUT2D eigenvalue weighted by molar-refractivity contribution is 7.99. The number of ether oxygens (including phenoxy) is 1. The van der Waals surface area contributed by atoms with Crippen LogP contribution in [0.1, 0.15) is 0 Å². The lowest BCUT2D eigenvalue weighted by Crippen LogP contribution is -2.16. The molecule has 4 nitrogen and oxygen atoms in total. The van der Waals surface area contributed by atoms with Gasteiger partial charge in [0, 0.05) is 6.07 Å². The highest BCUT2D eigenvalue weighted by Gasteiger charge is 2.31. The Morgan fingerprint density at radius 2 is 2.25 bits per heavy atom. The largest absolute Gasteiger partial charge is 0.573 e. The van der Waals surface area contributed by atoms with Crippen molar-refractivity contribution in [3.05, 3.63) is 18.2 Å². The normalized spacial score (nSPS) is 11.6. The van der Waals surface area contributed by atoms with Gasteiger partial charge in [-0.05, 0) is 18.4 Å². The van der Waals surface area contributed by atoms with E-state index in [2.05, 4.69) is 15.0 Å². The maximum atomic E-state index is 12.1. The second-order valence-corrected chi connectivity index (χ2v) is 5.57. The molecule has 0 radical (unpaired) electrons. The van der Waals surface area contributed by atoms with Crippen LogP contribution in [0.25, 0.3) is 10.2 Å². The van der Waals surface area contributed by atoms with Crippen molar-refractivity contribution in [2.75, 3.05) is 17.3 Å². The van der Waals surface area contributed by atoms with Gasteiger partial charge in [-0.1, -0.05) is 11.3 Å². The third kappa shape index (κ3) is 4.01. The number of hydrogen-bond acceptors (Lipinski definition) is 5. The molecule has 0 saturated heterocycles. The molecule has 0 saturated carbocycles. The lowest BCUT2D eigenvalue weighted by Gasteiger charge is -2.07. The summed E-state index contributed by atoms with van der Waals surface area (Å²) in [5.41, 5.74) is 0.504. The van der Waals surface area contributed by atoms with Gasteiger partial charge in [-0.25, -0.2) is 4.98 Å². The van der Waals surface area contributed by atoms with Gasteiger partial charge < -0.3 is 10.1 Å². The molecule has 2 aromatic rings. The Kier molecular flexibility index (Phi) is 4.39. The minimum Gasteiger partial charge on any atom is -0.406 e. The SMILES string of the molecule is CSCC(=O)Nc1nc2ccc(OC(F)(F)F)cc2s1. The lowest BCUT2D eigenvalue weighted by molar-refractivity contribution is -0.274. The van der Waals surface area contributed by atoms with E-state index < -0.39 is 6.36 Å². The molecule has 0 spiro atoms. The summed E-state index contributed by atoms with van der Waals surface area (Å²) < 4.78 is 40.7. The van der Waals surface area contributed by atoms with Gasteiger partial charge in [-0.15, -0.1) is 13.2 Å². The van der Waals surface area contributed by atoms with E-state index in [0.29, 0.717) is 21.1 Å². The maximum Gasteiger partial charge on any atom is 0.573 e. The van der Waals surface area contributed by atoms with Crippen molar-refractivity contribution in [1.82, 2.24) is 4.98 Å². The number of nitrogens with one attached hydrogen (secondary N) is 1. The number of aromatic nitrogens is 1. The Labute approximate surface area is 120 Å². The summed E-state index contributed by atoms with van der Waals surface area (Å²) in [4.78, 5) is 15.5. The molecule has 0 fully saturated rings. The predicted molar refractivity (Wildman–Crippen MR) is 73.3 cm³/mol. The number of amides is 1. The maximum absolute atomic E-state index is 12.1. The summed E-state index contributed by atoms with van der Waals surface area (Å²) in [7, 11) is 0. The summed E-state index contributed by atoms with van der Waals surface area (Å²) in [6.07, 6.45) is -2.94. The van der Waals surface area contributed by atoms with Crippen LogP contribution >= 0.6 is 23.1 Å². The Bertz CT molecular complexity index is 628. The van der Waals surface area contributed by atoms with Crippen molar-refractivity contribution < 1.29 is 22.7 Å². The Morgan fingerprint density at radius 3 is 2.90 bits per heavy atom. The van der Waals surface area contributed by atoms with Gasteiger partial charge in [0.1, 0.15) is 5.75 Å². The first-order valence-corrected chi connectivity index (χ1v) is 7.53. The van der Waals surface area contributed by atoms with Gasteiger partial charge in [0.05, 0.1) is 16.0 Å². The molecule has 0 aliphatic rings. The smallest absolute Gasteiger partial charge is 0.406 e. The Hall–Kier alpha value is -1.48. The van der Waals surface area contributed by atoms with E-state index in [-0.39, 0.29) is 11.7 Å². The fraction of sp³-hybridized carbons (Fsp3) is 0.273. The third-order valence-electron chi connectivity index (χ3n) is 2.12. The number of hydrogen-bond donors (Lipinski definition) is 1. The van der Waals surface area contributed by atoms with Gasteiger partial charge in [0.2, 0.25) is 5.91 Å². The van der Waals surface area contributed by atoms with Crippen molar-refractivity contribution in [2.45, 2.75) is 6.36 Å². The average Bonchev–Trinajstić information content (AvgIpc) is 2.68. The zero-order valence-electron chi connectivity index (χ0n) is 10.2. The fourth-order valence-electron chi connectivity index (χ4n) is 1.44. The summed E-state index contributed by atoms with van der Waals surface area (Å²) in [6, 6.07) is 3.84. The zero-order chi connectivity index (χ0) is 14.8. The standard InChI is InChI=1S/C11H9F3N2O2S2/c1-19-5-9(17)16-10-15-7-3-2-6(4-8(7)20-10)18-11(12,13)14/h2-4H,5H2,1H3,(H,15,16,17). The van der Waals surface area contributed by atoms with Crippen LogP contribution in [-0.2, 0) is 4.79 Å². The van der Waals surface area contributed by atoms with Gasteiger partial charge in [-0.3, -0.25) is 4.79 Å². The first-order valence-electron chi connectivity index (χ1n) is 5.32. The van der Waals surface area contributed by atoms with Gasteiger partial charge >= 0.3 is 6.36 Å². The highest BCUT2D eigenvalue weighted by atomic mass is 32.2. The number of alkyl halides is 3. The van der Waals surface area contributed by atoms with E-state index in [9.17, 15) is 18.0 Å². The van der Waals surface area contributed by atoms with Crippen molar-refractivity contribution in [2.24, 2.45) is 0 Å². The molecule has 0 bridgehead atoms. The molecule has 0 unspecified atom stereocenters. The second kappa shape index (κ2) is 5.88. The molecular formula is C11H9F3N2O2S2. The molecule has 0 aliphatic carbocycles. The Morgan fingerprint density at radius 1 is 1.50 bits per heavy atom. The summed E-state index contributed by atoms with van der Waals surface area (Å²) in [5, 5.41) is 2.93. The van der Waals surface area contributed by atoms with Crippen LogP contribution in [0.5, 0.6) is 5.75 Å². The van der Waals surface area contributed by atoms with Crippen molar-refractivity contribution in [3.8, 4) is 5.75 Å². The van der Waals surface area contributed by atoms with E-state index in [1.807, 2.05) is 0 Å². The van der Waals surface area contributed by atoms with Crippen LogP contribution < -0.4 is 10.1 Å². The monoisotopic (exact) mass is 322 g/mol. The van der Waals surface area contributed by atoms with E-state index in [1.165, 1.54) is 30.0 Å². The summed E-state index contributed by atoms with van der Waals surface area (Å²) in [5.74, 6) is -0.225. The van der Waals surface area contributed by atoms with E-state index in [0.717, 1.165) is 11.3 Å². The number of rotatable bonds is 4. The highest BCUT2D eigenvalue weighted by Crippen LogP contribution is 2.31.